The first-order chi connectivity index (χ1) is 5.71. The first-order valence-corrected chi connectivity index (χ1v) is 4.59. The molecule has 6 unspecified atom stereocenters. The summed E-state index contributed by atoms with van der Waals surface area (Å²) in [5.74, 6) is 0.247. The minimum absolute atomic E-state index is 0.0464. The van der Waals surface area contributed by atoms with Crippen molar-refractivity contribution in [3.63, 3.8) is 0 Å². The Balaban J connectivity index is 1.85. The highest BCUT2D eigenvalue weighted by Gasteiger charge is 3.20. The molecule has 62 valence electrons. The van der Waals surface area contributed by atoms with E-state index >= 15 is 0 Å². The molecule has 0 amide bonds. The number of rotatable bonds is 0. The zero-order valence-electron chi connectivity index (χ0n) is 6.66. The van der Waals surface area contributed by atoms with E-state index < -0.39 is 0 Å². The van der Waals surface area contributed by atoms with Gasteiger partial charge in [0.15, 0.2) is 0 Å². The van der Waals surface area contributed by atoms with Gasteiger partial charge in [-0.15, -0.1) is 0 Å². The second-order valence-corrected chi connectivity index (χ2v) is 5.02. The summed E-state index contributed by atoms with van der Waals surface area (Å²) in [5.41, 5.74) is 0.574. The van der Waals surface area contributed by atoms with E-state index in [9.17, 15) is 4.79 Å². The molecule has 6 atom stereocenters. The molecule has 0 aromatic rings. The highest BCUT2D eigenvalue weighted by Crippen LogP contribution is 3.07. The van der Waals surface area contributed by atoms with Crippen LogP contribution in [0.15, 0.2) is 0 Å². The molecule has 3 saturated carbocycles. The van der Waals surface area contributed by atoms with Crippen molar-refractivity contribution in [2.45, 2.75) is 31.2 Å². The van der Waals surface area contributed by atoms with Crippen LogP contribution in [0.5, 0.6) is 0 Å². The molecule has 3 aliphatic carbocycles. The van der Waals surface area contributed by atoms with E-state index in [1.165, 1.54) is 0 Å². The summed E-state index contributed by atoms with van der Waals surface area (Å²) in [4.78, 5) is 11.3. The maximum atomic E-state index is 11.3. The van der Waals surface area contributed by atoms with Gasteiger partial charge in [-0.25, -0.2) is 0 Å². The number of hydrogen-bond donors (Lipinski definition) is 0. The summed E-state index contributed by atoms with van der Waals surface area (Å²) in [6, 6.07) is 0. The molecule has 2 heterocycles. The number of esters is 1. The molecule has 3 nitrogen and oxygen atoms in total. The molecule has 5 fully saturated rings. The quantitative estimate of drug-likeness (QED) is 0.376. The number of fused-ring (bicyclic) bond motifs is 1. The van der Waals surface area contributed by atoms with Gasteiger partial charge in [-0.2, -0.15) is 0 Å². The number of hydrogen-bond acceptors (Lipinski definition) is 3. The highest BCUT2D eigenvalue weighted by molar-refractivity contribution is 5.88. The predicted molar refractivity (Wildman–Crippen MR) is 36.1 cm³/mol. The molecule has 0 aromatic heterocycles. The first kappa shape index (κ1) is 5.22. The zero-order valence-corrected chi connectivity index (χ0v) is 6.66. The fraction of sp³-hybridized carbons (Fsp3) is 0.889. The van der Waals surface area contributed by atoms with Gasteiger partial charge in [-0.3, -0.25) is 4.79 Å². The number of carbonyl (C=O) groups is 1. The van der Waals surface area contributed by atoms with Crippen molar-refractivity contribution in [1.29, 1.82) is 0 Å². The number of epoxide rings is 1. The molecular formula is C9H8O3. The zero-order chi connectivity index (χ0) is 7.93. The van der Waals surface area contributed by atoms with E-state index in [-0.39, 0.29) is 34.4 Å². The molecule has 2 saturated heterocycles. The summed E-state index contributed by atoms with van der Waals surface area (Å²) >= 11 is 0. The molecule has 3 heteroatoms. The Bertz CT molecular complexity index is 372. The van der Waals surface area contributed by atoms with Crippen molar-refractivity contribution in [3.05, 3.63) is 0 Å². The third kappa shape index (κ3) is 0.178. The number of carbonyl (C=O) groups excluding carboxylic acids is 1. The summed E-state index contributed by atoms with van der Waals surface area (Å²) in [6.07, 6.45) is 1.58. The fourth-order valence-corrected chi connectivity index (χ4v) is 4.83. The molecule has 5 aliphatic rings. The van der Waals surface area contributed by atoms with Gasteiger partial charge in [0.05, 0.1) is 22.9 Å². The van der Waals surface area contributed by atoms with Gasteiger partial charge in [0.1, 0.15) is 11.7 Å². The first-order valence-electron chi connectivity index (χ1n) is 4.59. The van der Waals surface area contributed by atoms with E-state index in [1.807, 2.05) is 0 Å². The van der Waals surface area contributed by atoms with Gasteiger partial charge in [0, 0.05) is 0 Å². The maximum Gasteiger partial charge on any atom is 0.310 e. The Morgan fingerprint density at radius 3 is 3.17 bits per heavy atom. The summed E-state index contributed by atoms with van der Waals surface area (Å²) < 4.78 is 11.0. The lowest BCUT2D eigenvalue weighted by molar-refractivity contribution is -0.146. The Morgan fingerprint density at radius 1 is 1.58 bits per heavy atom. The van der Waals surface area contributed by atoms with Gasteiger partial charge in [-0.05, 0) is 6.42 Å². The molecule has 2 spiro atoms. The van der Waals surface area contributed by atoms with E-state index in [1.54, 1.807) is 0 Å². The predicted octanol–water partition coefficient (Wildman–Crippen LogP) is 0.0892. The van der Waals surface area contributed by atoms with Crippen molar-refractivity contribution in [3.8, 4) is 0 Å². The van der Waals surface area contributed by atoms with E-state index in [2.05, 4.69) is 6.92 Å². The van der Waals surface area contributed by atoms with Crippen LogP contribution in [0.3, 0.4) is 0 Å². The Labute approximate surface area is 69.0 Å². The van der Waals surface area contributed by atoms with Crippen molar-refractivity contribution in [2.24, 2.45) is 16.7 Å². The molecule has 2 aliphatic heterocycles. The highest BCUT2D eigenvalue weighted by atomic mass is 16.7. The standard InChI is InChI=1S/C9H8O3/c1-7-6-8(7)3(5(10)11-6)2-4-9(7,8)12-4/h3-4,6H,2H2,1H3. The molecular weight excluding hydrogens is 156 g/mol. The van der Waals surface area contributed by atoms with E-state index in [0.717, 1.165) is 6.42 Å². The fourth-order valence-electron chi connectivity index (χ4n) is 4.83. The normalized spacial score (nSPS) is 83.8. The van der Waals surface area contributed by atoms with Gasteiger partial charge in [-0.1, -0.05) is 6.92 Å². The van der Waals surface area contributed by atoms with Crippen LogP contribution in [-0.4, -0.2) is 23.8 Å². The molecule has 5 rings (SSSR count). The monoisotopic (exact) mass is 164 g/mol. The Kier molecular flexibility index (Phi) is 0.384. The molecule has 0 aromatic carbocycles. The van der Waals surface area contributed by atoms with Gasteiger partial charge in [0.2, 0.25) is 0 Å². The average molecular weight is 164 g/mol. The summed E-state index contributed by atoms with van der Waals surface area (Å²) in [5, 5.41) is 0. The lowest BCUT2D eigenvalue weighted by atomic mass is 9.99. The minimum atomic E-state index is 0.0464. The molecule has 0 N–H and O–H groups in total. The van der Waals surface area contributed by atoms with Crippen LogP contribution >= 0.6 is 0 Å². The largest absolute Gasteiger partial charge is 0.461 e. The maximum absolute atomic E-state index is 11.3. The number of ether oxygens (including phenoxy) is 2. The van der Waals surface area contributed by atoms with Crippen LogP contribution < -0.4 is 0 Å². The second kappa shape index (κ2) is 0.882. The molecule has 0 bridgehead atoms. The van der Waals surface area contributed by atoms with E-state index in [4.69, 9.17) is 9.47 Å². The molecule has 12 heavy (non-hydrogen) atoms. The Hall–Kier alpha value is -0.570. The summed E-state index contributed by atoms with van der Waals surface area (Å²) in [6.45, 7) is 2.22. The van der Waals surface area contributed by atoms with Crippen LogP contribution in [0.25, 0.3) is 0 Å². The smallest absolute Gasteiger partial charge is 0.310 e. The van der Waals surface area contributed by atoms with Gasteiger partial charge >= 0.3 is 5.97 Å². The summed E-state index contributed by atoms with van der Waals surface area (Å²) in [7, 11) is 0. The van der Waals surface area contributed by atoms with Crippen molar-refractivity contribution < 1.29 is 14.3 Å². The van der Waals surface area contributed by atoms with E-state index in [0.29, 0.717) is 6.10 Å². The van der Waals surface area contributed by atoms with Crippen LogP contribution in [0.1, 0.15) is 13.3 Å². The molecule has 0 radical (unpaired) electrons. The lowest BCUT2D eigenvalue weighted by Crippen LogP contribution is -2.23. The topological polar surface area (TPSA) is 38.8 Å². The Morgan fingerprint density at radius 2 is 2.42 bits per heavy atom. The lowest BCUT2D eigenvalue weighted by Gasteiger charge is -2.10. The second-order valence-electron chi connectivity index (χ2n) is 5.02. The SMILES string of the molecule is CC12C3OC(=O)C4CC5OC51C432. The third-order valence-electron chi connectivity index (χ3n) is 5.28. The van der Waals surface area contributed by atoms with Crippen LogP contribution in [-0.2, 0) is 14.3 Å². The minimum Gasteiger partial charge on any atom is -0.461 e. The van der Waals surface area contributed by atoms with Crippen LogP contribution in [0.2, 0.25) is 0 Å². The average Bonchev–Trinajstić information content (AvgIpc) is 2.88. The van der Waals surface area contributed by atoms with Crippen LogP contribution in [0.4, 0.5) is 0 Å². The van der Waals surface area contributed by atoms with Gasteiger partial charge in [0.25, 0.3) is 0 Å². The van der Waals surface area contributed by atoms with Gasteiger partial charge < -0.3 is 9.47 Å². The van der Waals surface area contributed by atoms with Crippen LogP contribution in [0, 0.1) is 16.7 Å². The van der Waals surface area contributed by atoms with Crippen molar-refractivity contribution in [2.75, 3.05) is 0 Å². The van der Waals surface area contributed by atoms with Crippen molar-refractivity contribution >= 4 is 5.97 Å². The third-order valence-corrected chi connectivity index (χ3v) is 5.28. The van der Waals surface area contributed by atoms with Crippen molar-refractivity contribution in [1.82, 2.24) is 0 Å².